The van der Waals surface area contributed by atoms with Crippen LogP contribution in [0.15, 0.2) is 146 Å². The van der Waals surface area contributed by atoms with Crippen molar-refractivity contribution >= 4 is 17.9 Å². The summed E-state index contributed by atoms with van der Waals surface area (Å²) in [6.07, 6.45) is 85.6. The Labute approximate surface area is 448 Å². The molecule has 6 heteroatoms. The van der Waals surface area contributed by atoms with E-state index >= 15 is 0 Å². The molecule has 0 rings (SSSR count). The molecule has 1 atom stereocenters. The molecular formula is C67H106O6. The molecule has 0 aromatic heterocycles. The Hall–Kier alpha value is -4.71. The van der Waals surface area contributed by atoms with Crippen molar-refractivity contribution in [1.82, 2.24) is 0 Å². The highest BCUT2D eigenvalue weighted by molar-refractivity contribution is 5.71. The molecule has 0 radical (unpaired) electrons. The SMILES string of the molecule is CCCCC/C=C\C/C=C\C/C=C\C/C=C\C/C=C\CCC(=O)O[C@H](COC(=O)CCCCC/C=C\C/C=C\C/C=C\C/C=C\CCCCC)COC(=O)CCCCCC/C=C\C/C=C\C/C=C\CCCCC. The number of rotatable bonds is 51. The first-order chi connectivity index (χ1) is 36.0. The Morgan fingerprint density at radius 1 is 0.274 bits per heavy atom. The summed E-state index contributed by atoms with van der Waals surface area (Å²) in [4.78, 5) is 38.2. The van der Waals surface area contributed by atoms with Gasteiger partial charge in [-0.25, -0.2) is 0 Å². The van der Waals surface area contributed by atoms with Crippen LogP contribution in [0.3, 0.4) is 0 Å². The molecule has 6 nitrogen and oxygen atoms in total. The van der Waals surface area contributed by atoms with E-state index in [9.17, 15) is 14.4 Å². The van der Waals surface area contributed by atoms with E-state index in [1.807, 2.05) is 12.2 Å². The van der Waals surface area contributed by atoms with Crippen molar-refractivity contribution < 1.29 is 28.6 Å². The van der Waals surface area contributed by atoms with Gasteiger partial charge < -0.3 is 14.2 Å². The number of unbranched alkanes of at least 4 members (excludes halogenated alkanes) is 16. The molecule has 0 saturated heterocycles. The molecule has 0 aliphatic heterocycles. The molecule has 0 fully saturated rings. The summed E-state index contributed by atoms with van der Waals surface area (Å²) in [5.74, 6) is -1.08. The number of hydrogen-bond acceptors (Lipinski definition) is 6. The Morgan fingerprint density at radius 3 is 0.822 bits per heavy atom. The fourth-order valence-electron chi connectivity index (χ4n) is 7.35. The zero-order chi connectivity index (χ0) is 52.9. The molecular weight excluding hydrogens is 901 g/mol. The smallest absolute Gasteiger partial charge is 0.306 e. The van der Waals surface area contributed by atoms with Crippen LogP contribution in [0.4, 0.5) is 0 Å². The van der Waals surface area contributed by atoms with E-state index in [0.717, 1.165) is 116 Å². The largest absolute Gasteiger partial charge is 0.462 e. The predicted molar refractivity (Wildman–Crippen MR) is 315 cm³/mol. The van der Waals surface area contributed by atoms with Gasteiger partial charge >= 0.3 is 17.9 Å². The highest BCUT2D eigenvalue weighted by Gasteiger charge is 2.19. The first-order valence-electron chi connectivity index (χ1n) is 29.3. The summed E-state index contributed by atoms with van der Waals surface area (Å²) in [5, 5.41) is 0. The van der Waals surface area contributed by atoms with Crippen molar-refractivity contribution in [2.24, 2.45) is 0 Å². The van der Waals surface area contributed by atoms with E-state index in [1.165, 1.54) is 77.0 Å². The normalized spacial score (nSPS) is 13.2. The predicted octanol–water partition coefficient (Wildman–Crippen LogP) is 20.0. The number of ether oxygens (including phenoxy) is 3. The van der Waals surface area contributed by atoms with E-state index in [2.05, 4.69) is 154 Å². The van der Waals surface area contributed by atoms with Gasteiger partial charge in [-0.2, -0.15) is 0 Å². The Kier molecular flexibility index (Phi) is 56.0. The van der Waals surface area contributed by atoms with E-state index in [0.29, 0.717) is 19.3 Å². The third kappa shape index (κ3) is 58.1. The maximum Gasteiger partial charge on any atom is 0.306 e. The second-order valence-corrected chi connectivity index (χ2v) is 18.8. The minimum Gasteiger partial charge on any atom is -0.462 e. The van der Waals surface area contributed by atoms with Crippen LogP contribution < -0.4 is 0 Å². The van der Waals surface area contributed by atoms with Crippen molar-refractivity contribution in [3.63, 3.8) is 0 Å². The van der Waals surface area contributed by atoms with Crippen molar-refractivity contribution in [3.05, 3.63) is 146 Å². The average molecular weight is 1010 g/mol. The van der Waals surface area contributed by atoms with Gasteiger partial charge in [0.1, 0.15) is 13.2 Å². The van der Waals surface area contributed by atoms with Crippen LogP contribution in [0.5, 0.6) is 0 Å². The summed E-state index contributed by atoms with van der Waals surface area (Å²) >= 11 is 0. The molecule has 0 aromatic carbocycles. The summed E-state index contributed by atoms with van der Waals surface area (Å²) in [6, 6.07) is 0. The standard InChI is InChI=1S/C67H106O6/c1-4-7-10-13-16-19-22-25-28-31-33-36-39-42-45-48-51-54-57-60-66(69)72-63-64(62-71-65(68)59-56-53-50-47-44-41-38-35-30-27-24-21-18-15-12-9-6-3)73-67(70)61-58-55-52-49-46-43-40-37-34-32-29-26-23-20-17-14-11-8-5-2/h16-21,25-30,33-34,36-38,41-43,45-46,52,55,64H,4-15,22-24,31-32,35,39-40,44,47-51,53-54,56-63H2,1-3H3/b19-16-,20-17-,21-18-,28-25-,29-26-,30-27-,36-33-,37-34-,41-38-,45-42-,46-43-,55-52-/t64-/m0/s1. The molecule has 0 amide bonds. The molecule has 0 unspecified atom stereocenters. The quantitative estimate of drug-likeness (QED) is 0.0261. The lowest BCUT2D eigenvalue weighted by atomic mass is 10.1. The molecule has 73 heavy (non-hydrogen) atoms. The van der Waals surface area contributed by atoms with Gasteiger partial charge in [-0.1, -0.05) is 224 Å². The summed E-state index contributed by atoms with van der Waals surface area (Å²) < 4.78 is 16.8. The molecule has 0 bridgehead atoms. The average Bonchev–Trinajstić information content (AvgIpc) is 3.39. The van der Waals surface area contributed by atoms with Crippen LogP contribution in [0.25, 0.3) is 0 Å². The number of carbonyl (C=O) groups is 3. The monoisotopic (exact) mass is 1010 g/mol. The van der Waals surface area contributed by atoms with Crippen LogP contribution in [0.2, 0.25) is 0 Å². The summed E-state index contributed by atoms with van der Waals surface area (Å²) in [6.45, 7) is 6.43. The zero-order valence-corrected chi connectivity index (χ0v) is 46.8. The van der Waals surface area contributed by atoms with Crippen LogP contribution in [0, 0.1) is 0 Å². The Balaban J connectivity index is 4.63. The van der Waals surface area contributed by atoms with Crippen molar-refractivity contribution in [2.45, 2.75) is 245 Å². The van der Waals surface area contributed by atoms with E-state index in [-0.39, 0.29) is 31.6 Å². The zero-order valence-electron chi connectivity index (χ0n) is 46.8. The fourth-order valence-corrected chi connectivity index (χ4v) is 7.35. The van der Waals surface area contributed by atoms with Gasteiger partial charge in [0, 0.05) is 19.3 Å². The van der Waals surface area contributed by atoms with Gasteiger partial charge in [-0.15, -0.1) is 0 Å². The number of esters is 3. The van der Waals surface area contributed by atoms with E-state index in [1.54, 1.807) is 0 Å². The minimum absolute atomic E-state index is 0.136. The molecule has 410 valence electrons. The van der Waals surface area contributed by atoms with Crippen molar-refractivity contribution in [1.29, 1.82) is 0 Å². The number of allylic oxidation sites excluding steroid dienone is 24. The number of hydrogen-bond donors (Lipinski definition) is 0. The van der Waals surface area contributed by atoms with Gasteiger partial charge in [-0.05, 0) is 141 Å². The lowest BCUT2D eigenvalue weighted by Crippen LogP contribution is -2.30. The second kappa shape index (κ2) is 59.8. The van der Waals surface area contributed by atoms with E-state index < -0.39 is 12.1 Å². The number of carbonyl (C=O) groups excluding carboxylic acids is 3. The molecule has 0 aliphatic rings. The first kappa shape index (κ1) is 68.3. The van der Waals surface area contributed by atoms with Gasteiger partial charge in [0.2, 0.25) is 0 Å². The second-order valence-electron chi connectivity index (χ2n) is 18.8. The minimum atomic E-state index is -0.848. The lowest BCUT2D eigenvalue weighted by Gasteiger charge is -2.18. The Bertz CT molecular complexity index is 1630. The van der Waals surface area contributed by atoms with Crippen LogP contribution in [-0.4, -0.2) is 37.2 Å². The first-order valence-corrected chi connectivity index (χ1v) is 29.3. The molecule has 0 aromatic rings. The van der Waals surface area contributed by atoms with Gasteiger partial charge in [0.25, 0.3) is 0 Å². The van der Waals surface area contributed by atoms with Gasteiger partial charge in [-0.3, -0.25) is 14.4 Å². The third-order valence-corrected chi connectivity index (χ3v) is 11.8. The Morgan fingerprint density at radius 2 is 0.521 bits per heavy atom. The molecule has 0 N–H and O–H groups in total. The molecule has 0 aliphatic carbocycles. The maximum atomic E-state index is 12.8. The topological polar surface area (TPSA) is 78.9 Å². The van der Waals surface area contributed by atoms with Crippen LogP contribution in [-0.2, 0) is 28.6 Å². The van der Waals surface area contributed by atoms with Gasteiger partial charge in [0.15, 0.2) is 6.10 Å². The highest BCUT2D eigenvalue weighted by Crippen LogP contribution is 2.11. The molecule has 0 saturated carbocycles. The van der Waals surface area contributed by atoms with Crippen LogP contribution in [0.1, 0.15) is 239 Å². The maximum absolute atomic E-state index is 12.8. The summed E-state index contributed by atoms with van der Waals surface area (Å²) in [7, 11) is 0. The van der Waals surface area contributed by atoms with Crippen molar-refractivity contribution in [3.8, 4) is 0 Å². The molecule has 0 spiro atoms. The van der Waals surface area contributed by atoms with Gasteiger partial charge in [0.05, 0.1) is 0 Å². The molecule has 0 heterocycles. The van der Waals surface area contributed by atoms with E-state index in [4.69, 9.17) is 14.2 Å². The fraction of sp³-hybridized carbons (Fsp3) is 0.597. The lowest BCUT2D eigenvalue weighted by molar-refractivity contribution is -0.166. The highest BCUT2D eigenvalue weighted by atomic mass is 16.6. The van der Waals surface area contributed by atoms with Crippen LogP contribution >= 0.6 is 0 Å². The third-order valence-electron chi connectivity index (χ3n) is 11.8. The van der Waals surface area contributed by atoms with Crippen molar-refractivity contribution in [2.75, 3.05) is 13.2 Å². The summed E-state index contributed by atoms with van der Waals surface area (Å²) in [5.41, 5.74) is 0.